The molecule has 5 heteroatoms. The molecule has 124 valence electrons. The number of rotatable bonds is 4. The summed E-state index contributed by atoms with van der Waals surface area (Å²) in [7, 11) is 0. The standard InChI is InChI=1S/C18H22N2O2.ClH/c19-12-17-11-16(13-22-17)18(21)20-8-6-15(7-9-20)10-14-4-2-1-3-5-14;/h1-5,11,13,15H,6-10,12,19H2;1H. The SMILES string of the molecule is Cl.NCc1cc(C(=O)N2CCC(Cc3ccccc3)CC2)co1. The van der Waals surface area contributed by atoms with Crippen LogP contribution in [0.3, 0.4) is 0 Å². The minimum atomic E-state index is 0. The monoisotopic (exact) mass is 334 g/mol. The molecule has 0 spiro atoms. The van der Waals surface area contributed by atoms with Crippen molar-refractivity contribution in [3.8, 4) is 0 Å². The van der Waals surface area contributed by atoms with Gasteiger partial charge in [0.1, 0.15) is 12.0 Å². The molecule has 4 nitrogen and oxygen atoms in total. The largest absolute Gasteiger partial charge is 0.467 e. The second-order valence-corrected chi connectivity index (χ2v) is 5.93. The number of hydrogen-bond acceptors (Lipinski definition) is 3. The van der Waals surface area contributed by atoms with E-state index in [-0.39, 0.29) is 18.3 Å². The molecule has 0 radical (unpaired) electrons. The number of nitrogens with two attached hydrogens (primary N) is 1. The van der Waals surface area contributed by atoms with Crippen LogP contribution < -0.4 is 5.73 Å². The molecule has 2 aromatic rings. The van der Waals surface area contributed by atoms with Crippen molar-refractivity contribution in [2.75, 3.05) is 13.1 Å². The summed E-state index contributed by atoms with van der Waals surface area (Å²) in [5.41, 5.74) is 7.51. The molecule has 0 atom stereocenters. The van der Waals surface area contributed by atoms with Crippen molar-refractivity contribution in [1.82, 2.24) is 4.90 Å². The summed E-state index contributed by atoms with van der Waals surface area (Å²) in [4.78, 5) is 14.3. The Morgan fingerprint density at radius 3 is 2.52 bits per heavy atom. The summed E-state index contributed by atoms with van der Waals surface area (Å²) in [6.07, 6.45) is 4.73. The van der Waals surface area contributed by atoms with Crippen LogP contribution >= 0.6 is 12.4 Å². The molecule has 2 N–H and O–H groups in total. The number of furan rings is 1. The molecular weight excluding hydrogens is 312 g/mol. The summed E-state index contributed by atoms with van der Waals surface area (Å²) in [6, 6.07) is 12.3. The lowest BCUT2D eigenvalue weighted by atomic mass is 9.90. The fourth-order valence-electron chi connectivity index (χ4n) is 3.07. The predicted molar refractivity (Wildman–Crippen MR) is 92.6 cm³/mol. The Bertz CT molecular complexity index is 619. The zero-order valence-corrected chi connectivity index (χ0v) is 13.9. The maximum Gasteiger partial charge on any atom is 0.257 e. The van der Waals surface area contributed by atoms with Gasteiger partial charge >= 0.3 is 0 Å². The van der Waals surface area contributed by atoms with Gasteiger partial charge in [-0.1, -0.05) is 30.3 Å². The number of piperidine rings is 1. The second-order valence-electron chi connectivity index (χ2n) is 5.93. The van der Waals surface area contributed by atoms with Crippen LogP contribution in [0, 0.1) is 5.92 Å². The van der Waals surface area contributed by atoms with E-state index in [0.717, 1.165) is 32.4 Å². The van der Waals surface area contributed by atoms with Crippen molar-refractivity contribution in [3.05, 3.63) is 59.5 Å². The lowest BCUT2D eigenvalue weighted by molar-refractivity contribution is 0.0690. The lowest BCUT2D eigenvalue weighted by Crippen LogP contribution is -2.38. The highest BCUT2D eigenvalue weighted by molar-refractivity contribution is 5.94. The maximum absolute atomic E-state index is 12.4. The Balaban J connectivity index is 0.00000192. The van der Waals surface area contributed by atoms with Crippen LogP contribution in [0.4, 0.5) is 0 Å². The fourth-order valence-corrected chi connectivity index (χ4v) is 3.07. The van der Waals surface area contributed by atoms with Gasteiger partial charge in [-0.2, -0.15) is 0 Å². The zero-order chi connectivity index (χ0) is 15.4. The third-order valence-electron chi connectivity index (χ3n) is 4.37. The van der Waals surface area contributed by atoms with Gasteiger partial charge in [-0.15, -0.1) is 12.4 Å². The van der Waals surface area contributed by atoms with Gasteiger partial charge in [-0.05, 0) is 36.8 Å². The Labute approximate surface area is 143 Å². The highest BCUT2D eigenvalue weighted by Gasteiger charge is 2.24. The minimum Gasteiger partial charge on any atom is -0.467 e. The summed E-state index contributed by atoms with van der Waals surface area (Å²) in [6.45, 7) is 1.96. The van der Waals surface area contributed by atoms with Crippen LogP contribution in [0.2, 0.25) is 0 Å². The van der Waals surface area contributed by atoms with E-state index in [9.17, 15) is 4.79 Å². The Morgan fingerprint density at radius 1 is 1.22 bits per heavy atom. The van der Waals surface area contributed by atoms with Crippen molar-refractivity contribution in [3.63, 3.8) is 0 Å². The van der Waals surface area contributed by atoms with Crippen molar-refractivity contribution in [1.29, 1.82) is 0 Å². The van der Waals surface area contributed by atoms with Crippen LogP contribution in [0.1, 0.15) is 34.5 Å². The number of carbonyl (C=O) groups is 1. The van der Waals surface area contributed by atoms with Gasteiger partial charge in [0.2, 0.25) is 0 Å². The molecule has 0 aliphatic carbocycles. The van der Waals surface area contributed by atoms with E-state index < -0.39 is 0 Å². The van der Waals surface area contributed by atoms with Crippen LogP contribution in [-0.2, 0) is 13.0 Å². The van der Waals surface area contributed by atoms with E-state index in [0.29, 0.717) is 23.8 Å². The van der Waals surface area contributed by atoms with Crippen LogP contribution in [0.5, 0.6) is 0 Å². The van der Waals surface area contributed by atoms with E-state index in [2.05, 4.69) is 24.3 Å². The number of amides is 1. The van der Waals surface area contributed by atoms with Gasteiger partial charge in [0.15, 0.2) is 0 Å². The number of benzene rings is 1. The fraction of sp³-hybridized carbons (Fsp3) is 0.389. The molecule has 0 unspecified atom stereocenters. The highest BCUT2D eigenvalue weighted by atomic mass is 35.5. The maximum atomic E-state index is 12.4. The van der Waals surface area contributed by atoms with Crippen LogP contribution in [0.15, 0.2) is 47.1 Å². The summed E-state index contributed by atoms with van der Waals surface area (Å²) in [5, 5.41) is 0. The van der Waals surface area contributed by atoms with Gasteiger partial charge in [-0.25, -0.2) is 0 Å². The average Bonchev–Trinajstić information content (AvgIpc) is 3.05. The molecule has 1 amide bonds. The third-order valence-corrected chi connectivity index (χ3v) is 4.37. The summed E-state index contributed by atoms with van der Waals surface area (Å²) in [5.74, 6) is 1.37. The number of hydrogen-bond donors (Lipinski definition) is 1. The third kappa shape index (κ3) is 4.36. The van der Waals surface area contributed by atoms with E-state index in [1.807, 2.05) is 11.0 Å². The van der Waals surface area contributed by atoms with E-state index >= 15 is 0 Å². The van der Waals surface area contributed by atoms with Gasteiger partial charge < -0.3 is 15.1 Å². The van der Waals surface area contributed by atoms with Gasteiger partial charge in [0.05, 0.1) is 12.1 Å². The van der Waals surface area contributed by atoms with E-state index in [1.54, 1.807) is 6.07 Å². The summed E-state index contributed by atoms with van der Waals surface area (Å²) < 4.78 is 5.25. The summed E-state index contributed by atoms with van der Waals surface area (Å²) >= 11 is 0. The topological polar surface area (TPSA) is 59.5 Å². The number of halogens is 1. The molecular formula is C18H23ClN2O2. The molecule has 1 fully saturated rings. The molecule has 1 saturated heterocycles. The number of carbonyl (C=O) groups excluding carboxylic acids is 1. The van der Waals surface area contributed by atoms with E-state index in [4.69, 9.17) is 10.2 Å². The van der Waals surface area contributed by atoms with Gasteiger partial charge in [-0.3, -0.25) is 4.79 Å². The molecule has 1 aromatic carbocycles. The first-order valence-corrected chi connectivity index (χ1v) is 7.87. The number of nitrogens with zero attached hydrogens (tertiary/aromatic N) is 1. The van der Waals surface area contributed by atoms with Crippen molar-refractivity contribution in [2.45, 2.75) is 25.8 Å². The second kappa shape index (κ2) is 8.18. The quantitative estimate of drug-likeness (QED) is 0.933. The smallest absolute Gasteiger partial charge is 0.257 e. The number of likely N-dealkylation sites (tertiary alicyclic amines) is 1. The van der Waals surface area contributed by atoms with Crippen LogP contribution in [-0.4, -0.2) is 23.9 Å². The first-order chi connectivity index (χ1) is 10.8. The molecule has 1 aliphatic rings. The van der Waals surface area contributed by atoms with Gasteiger partial charge in [0.25, 0.3) is 5.91 Å². The molecule has 0 bridgehead atoms. The molecule has 3 rings (SSSR count). The molecule has 23 heavy (non-hydrogen) atoms. The molecule has 0 saturated carbocycles. The average molecular weight is 335 g/mol. The zero-order valence-electron chi connectivity index (χ0n) is 13.1. The highest BCUT2D eigenvalue weighted by Crippen LogP contribution is 2.23. The normalized spacial score (nSPS) is 15.3. The minimum absolute atomic E-state index is 0. The molecule has 1 aliphatic heterocycles. The Morgan fingerprint density at radius 2 is 1.91 bits per heavy atom. The van der Waals surface area contributed by atoms with Gasteiger partial charge in [0, 0.05) is 13.1 Å². The van der Waals surface area contributed by atoms with Crippen molar-refractivity contribution >= 4 is 18.3 Å². The van der Waals surface area contributed by atoms with Crippen molar-refractivity contribution < 1.29 is 9.21 Å². The Kier molecular flexibility index (Phi) is 6.25. The first kappa shape index (κ1) is 17.6. The van der Waals surface area contributed by atoms with E-state index in [1.165, 1.54) is 11.8 Å². The lowest BCUT2D eigenvalue weighted by Gasteiger charge is -2.31. The van der Waals surface area contributed by atoms with Crippen molar-refractivity contribution in [2.24, 2.45) is 11.7 Å². The molecule has 2 heterocycles. The first-order valence-electron chi connectivity index (χ1n) is 7.87. The molecule has 1 aromatic heterocycles. The predicted octanol–water partition coefficient (Wildman–Crippen LogP) is 3.26. The Hall–Kier alpha value is -1.78. The van der Waals surface area contributed by atoms with Crippen LogP contribution in [0.25, 0.3) is 0 Å².